The number of carbonyl (C=O) groups excluding carboxylic acids is 1. The Hall–Kier alpha value is -2.47. The molecule has 140 valence electrons. The highest BCUT2D eigenvalue weighted by molar-refractivity contribution is 7.17. The van der Waals surface area contributed by atoms with Gasteiger partial charge in [0.05, 0.1) is 17.8 Å². The Morgan fingerprint density at radius 1 is 1.26 bits per heavy atom. The van der Waals surface area contributed by atoms with Crippen LogP contribution in [0.3, 0.4) is 0 Å². The quantitative estimate of drug-likeness (QED) is 0.641. The van der Waals surface area contributed by atoms with Crippen molar-refractivity contribution in [2.24, 2.45) is 0 Å². The van der Waals surface area contributed by atoms with Crippen molar-refractivity contribution in [3.05, 3.63) is 51.4 Å². The molecule has 0 bridgehead atoms. The zero-order valence-electron chi connectivity index (χ0n) is 15.5. The minimum Gasteiger partial charge on any atom is -0.462 e. The maximum atomic E-state index is 13.0. The van der Waals surface area contributed by atoms with Crippen LogP contribution in [-0.2, 0) is 28.9 Å². The second-order valence-electron chi connectivity index (χ2n) is 7.24. The lowest BCUT2D eigenvalue weighted by atomic mass is 9.89. The van der Waals surface area contributed by atoms with Crippen LogP contribution in [0.5, 0.6) is 0 Å². The number of fused-ring (bicyclic) bond motifs is 2. The van der Waals surface area contributed by atoms with E-state index in [9.17, 15) is 9.59 Å². The number of esters is 1. The molecule has 0 spiro atoms. The number of rotatable bonds is 4. The van der Waals surface area contributed by atoms with Gasteiger partial charge in [0.15, 0.2) is 0 Å². The summed E-state index contributed by atoms with van der Waals surface area (Å²) in [5.74, 6) is -0.432. The van der Waals surface area contributed by atoms with Crippen LogP contribution in [0, 0.1) is 0 Å². The molecule has 27 heavy (non-hydrogen) atoms. The van der Waals surface area contributed by atoms with E-state index in [1.807, 2.05) is 5.38 Å². The lowest BCUT2D eigenvalue weighted by Crippen LogP contribution is -2.26. The number of nitrogens with zero attached hydrogens (tertiary/aromatic N) is 2. The van der Waals surface area contributed by atoms with Crippen molar-refractivity contribution < 1.29 is 9.53 Å². The molecule has 1 aromatic carbocycles. The number of ether oxygens (including phenoxy) is 1. The molecule has 2 aromatic heterocycles. The van der Waals surface area contributed by atoms with Gasteiger partial charge in [0.25, 0.3) is 5.56 Å². The smallest absolute Gasteiger partial charge is 0.326 e. The summed E-state index contributed by atoms with van der Waals surface area (Å²) in [6, 6.07) is 6.48. The van der Waals surface area contributed by atoms with Crippen LogP contribution in [0.4, 0.5) is 0 Å². The van der Waals surface area contributed by atoms with E-state index in [1.165, 1.54) is 46.2 Å². The first-order valence-electron chi connectivity index (χ1n) is 9.31. The van der Waals surface area contributed by atoms with Gasteiger partial charge in [-0.3, -0.25) is 14.2 Å². The van der Waals surface area contributed by atoms with E-state index in [-0.39, 0.29) is 18.2 Å². The number of aromatic nitrogens is 2. The van der Waals surface area contributed by atoms with Gasteiger partial charge in [-0.05, 0) is 56.2 Å². The average Bonchev–Trinajstić information content (AvgIpc) is 3.08. The topological polar surface area (TPSA) is 61.2 Å². The third kappa shape index (κ3) is 3.54. The average molecular weight is 382 g/mol. The summed E-state index contributed by atoms with van der Waals surface area (Å²) in [7, 11) is 0. The van der Waals surface area contributed by atoms with Crippen LogP contribution in [0.15, 0.2) is 34.7 Å². The summed E-state index contributed by atoms with van der Waals surface area (Å²) in [6.07, 6.45) is 5.90. The first kappa shape index (κ1) is 17.9. The number of hydrogen-bond acceptors (Lipinski definition) is 5. The van der Waals surface area contributed by atoms with E-state index in [1.54, 1.807) is 13.8 Å². The minimum absolute atomic E-state index is 0.126. The highest BCUT2D eigenvalue weighted by atomic mass is 32.1. The van der Waals surface area contributed by atoms with Gasteiger partial charge in [0.1, 0.15) is 11.4 Å². The summed E-state index contributed by atoms with van der Waals surface area (Å²) in [5.41, 5.74) is 4.53. The molecular weight excluding hydrogens is 360 g/mol. The van der Waals surface area contributed by atoms with Gasteiger partial charge in [0.2, 0.25) is 0 Å². The largest absolute Gasteiger partial charge is 0.462 e. The first-order valence-corrected chi connectivity index (χ1v) is 10.2. The number of benzene rings is 1. The van der Waals surface area contributed by atoms with Gasteiger partial charge in [-0.2, -0.15) is 0 Å². The van der Waals surface area contributed by atoms with Gasteiger partial charge >= 0.3 is 5.97 Å². The normalized spacial score (nSPS) is 13.7. The third-order valence-corrected chi connectivity index (χ3v) is 5.77. The van der Waals surface area contributed by atoms with Gasteiger partial charge in [0, 0.05) is 10.9 Å². The van der Waals surface area contributed by atoms with Crippen molar-refractivity contribution in [2.75, 3.05) is 0 Å². The van der Waals surface area contributed by atoms with E-state index in [4.69, 9.17) is 4.74 Å². The molecular formula is C21H22N2O3S. The van der Waals surface area contributed by atoms with Gasteiger partial charge < -0.3 is 4.74 Å². The first-order chi connectivity index (χ1) is 13.0. The Labute approximate surface area is 161 Å². The molecule has 0 saturated heterocycles. The molecule has 0 saturated carbocycles. The van der Waals surface area contributed by atoms with Crippen molar-refractivity contribution in [3.8, 4) is 11.1 Å². The van der Waals surface area contributed by atoms with E-state index >= 15 is 0 Å². The molecule has 1 aliphatic carbocycles. The predicted molar refractivity (Wildman–Crippen MR) is 107 cm³/mol. The van der Waals surface area contributed by atoms with Gasteiger partial charge in [-0.1, -0.05) is 18.2 Å². The molecule has 0 aliphatic heterocycles. The van der Waals surface area contributed by atoms with Crippen molar-refractivity contribution >= 4 is 27.5 Å². The minimum atomic E-state index is -0.432. The molecule has 1 aliphatic rings. The van der Waals surface area contributed by atoms with Crippen molar-refractivity contribution in [2.45, 2.75) is 52.2 Å². The molecule has 0 radical (unpaired) electrons. The monoisotopic (exact) mass is 382 g/mol. The van der Waals surface area contributed by atoms with Crippen LogP contribution >= 0.6 is 11.3 Å². The molecule has 3 aromatic rings. The summed E-state index contributed by atoms with van der Waals surface area (Å²) in [4.78, 5) is 30.1. The fourth-order valence-electron chi connectivity index (χ4n) is 3.63. The molecule has 0 N–H and O–H groups in total. The van der Waals surface area contributed by atoms with E-state index < -0.39 is 5.97 Å². The lowest BCUT2D eigenvalue weighted by molar-refractivity contribution is -0.148. The molecule has 0 amide bonds. The number of aryl methyl sites for hydroxylation is 2. The lowest BCUT2D eigenvalue weighted by Gasteiger charge is -2.16. The predicted octanol–water partition coefficient (Wildman–Crippen LogP) is 3.96. The summed E-state index contributed by atoms with van der Waals surface area (Å²) >= 11 is 1.46. The maximum absolute atomic E-state index is 13.0. The summed E-state index contributed by atoms with van der Waals surface area (Å²) in [5, 5.41) is 2.57. The Morgan fingerprint density at radius 3 is 2.81 bits per heavy atom. The summed E-state index contributed by atoms with van der Waals surface area (Å²) in [6.45, 7) is 3.45. The molecule has 0 atom stereocenters. The van der Waals surface area contributed by atoms with Crippen LogP contribution in [0.2, 0.25) is 0 Å². The van der Waals surface area contributed by atoms with E-state index in [0.717, 1.165) is 24.0 Å². The molecule has 0 unspecified atom stereocenters. The van der Waals surface area contributed by atoms with E-state index in [2.05, 4.69) is 23.2 Å². The van der Waals surface area contributed by atoms with Gasteiger partial charge in [-0.25, -0.2) is 4.98 Å². The number of hydrogen-bond donors (Lipinski definition) is 0. The Kier molecular flexibility index (Phi) is 4.83. The SMILES string of the molecule is CC(C)OC(=O)Cn1cnc2scc(-c3ccc4c(c3)CCCC4)c2c1=O. The highest BCUT2D eigenvalue weighted by Gasteiger charge is 2.17. The molecule has 6 heteroatoms. The molecule has 2 heterocycles. The van der Waals surface area contributed by atoms with E-state index in [0.29, 0.717) is 10.2 Å². The highest BCUT2D eigenvalue weighted by Crippen LogP contribution is 2.33. The van der Waals surface area contributed by atoms with Crippen LogP contribution in [0.25, 0.3) is 21.3 Å². The molecule has 4 rings (SSSR count). The van der Waals surface area contributed by atoms with Crippen LogP contribution in [0.1, 0.15) is 37.8 Å². The maximum Gasteiger partial charge on any atom is 0.326 e. The Bertz CT molecular complexity index is 1060. The number of carbonyl (C=O) groups is 1. The molecule has 5 nitrogen and oxygen atoms in total. The van der Waals surface area contributed by atoms with Crippen LogP contribution < -0.4 is 5.56 Å². The molecule has 0 fully saturated rings. The number of thiophene rings is 1. The second-order valence-corrected chi connectivity index (χ2v) is 8.09. The van der Waals surface area contributed by atoms with Crippen LogP contribution in [-0.4, -0.2) is 21.6 Å². The standard InChI is InChI=1S/C21H22N2O3S/c1-13(2)26-18(24)10-23-12-22-20-19(21(23)25)17(11-27-20)16-8-7-14-5-3-4-6-15(14)9-16/h7-9,11-13H,3-6,10H2,1-2H3. The van der Waals surface area contributed by atoms with Crippen molar-refractivity contribution in [3.63, 3.8) is 0 Å². The fraction of sp³-hybridized carbons (Fsp3) is 0.381. The Morgan fingerprint density at radius 2 is 2.04 bits per heavy atom. The zero-order valence-corrected chi connectivity index (χ0v) is 16.3. The third-order valence-electron chi connectivity index (χ3n) is 4.89. The van der Waals surface area contributed by atoms with Gasteiger partial charge in [-0.15, -0.1) is 11.3 Å². The second kappa shape index (κ2) is 7.27. The van der Waals surface area contributed by atoms with Crippen molar-refractivity contribution in [1.29, 1.82) is 0 Å². The fourth-order valence-corrected chi connectivity index (χ4v) is 4.54. The Balaban J connectivity index is 1.75. The summed E-state index contributed by atoms with van der Waals surface area (Å²) < 4.78 is 6.49. The van der Waals surface area contributed by atoms with Crippen molar-refractivity contribution in [1.82, 2.24) is 9.55 Å². The zero-order chi connectivity index (χ0) is 19.0.